The lowest BCUT2D eigenvalue weighted by Gasteiger charge is -2.21. The molecule has 1 aliphatic heterocycles. The number of aliphatic hydroxyl groups is 1. The fourth-order valence-electron chi connectivity index (χ4n) is 1.50. The highest BCUT2D eigenvalue weighted by Crippen LogP contribution is 2.26. The molecule has 0 radical (unpaired) electrons. The van der Waals surface area contributed by atoms with Gasteiger partial charge in [0.1, 0.15) is 11.9 Å². The van der Waals surface area contributed by atoms with E-state index in [2.05, 4.69) is 5.32 Å². The van der Waals surface area contributed by atoms with Crippen LogP contribution in [0.15, 0.2) is 18.2 Å². The number of fused-ring (bicyclic) bond motifs is 1. The number of hydrogen-bond donors (Lipinski definition) is 2. The van der Waals surface area contributed by atoms with E-state index >= 15 is 0 Å². The SMILES string of the molecule is COc1ccc2c(c1)CC(O)C(=O)N2. The predicted octanol–water partition coefficient (Wildman–Crippen LogP) is 0.551. The van der Waals surface area contributed by atoms with E-state index in [1.165, 1.54) is 0 Å². The normalized spacial score (nSPS) is 19.9. The molecule has 0 spiro atoms. The Morgan fingerprint density at radius 3 is 3.07 bits per heavy atom. The summed E-state index contributed by atoms with van der Waals surface area (Å²) in [7, 11) is 1.58. The molecule has 14 heavy (non-hydrogen) atoms. The summed E-state index contributed by atoms with van der Waals surface area (Å²) >= 11 is 0. The quantitative estimate of drug-likeness (QED) is 0.684. The smallest absolute Gasteiger partial charge is 0.253 e. The number of rotatable bonds is 1. The molecule has 4 nitrogen and oxygen atoms in total. The van der Waals surface area contributed by atoms with Crippen molar-refractivity contribution >= 4 is 11.6 Å². The first-order valence-corrected chi connectivity index (χ1v) is 4.36. The molecule has 1 unspecified atom stereocenters. The average Bonchev–Trinajstić information content (AvgIpc) is 2.19. The Balaban J connectivity index is 2.37. The van der Waals surface area contributed by atoms with E-state index in [1.54, 1.807) is 19.2 Å². The van der Waals surface area contributed by atoms with Crippen LogP contribution in [-0.4, -0.2) is 24.2 Å². The number of carbonyl (C=O) groups is 1. The molecule has 1 atom stereocenters. The van der Waals surface area contributed by atoms with Crippen LogP contribution in [0.5, 0.6) is 5.75 Å². The molecule has 1 aliphatic rings. The van der Waals surface area contributed by atoms with Crippen molar-refractivity contribution in [3.05, 3.63) is 23.8 Å². The average molecular weight is 193 g/mol. The second kappa shape index (κ2) is 3.31. The van der Waals surface area contributed by atoms with Crippen LogP contribution in [0.4, 0.5) is 5.69 Å². The summed E-state index contributed by atoms with van der Waals surface area (Å²) in [4.78, 5) is 11.1. The Morgan fingerprint density at radius 1 is 1.57 bits per heavy atom. The molecule has 1 heterocycles. The molecule has 0 bridgehead atoms. The molecular formula is C10H11NO3. The molecule has 0 saturated heterocycles. The number of carbonyl (C=O) groups excluding carboxylic acids is 1. The van der Waals surface area contributed by atoms with Crippen LogP contribution in [0.25, 0.3) is 0 Å². The lowest BCUT2D eigenvalue weighted by Crippen LogP contribution is -2.34. The molecule has 2 rings (SSSR count). The fraction of sp³-hybridized carbons (Fsp3) is 0.300. The summed E-state index contributed by atoms with van der Waals surface area (Å²) in [6, 6.07) is 5.37. The summed E-state index contributed by atoms with van der Waals surface area (Å²) in [6.45, 7) is 0. The summed E-state index contributed by atoms with van der Waals surface area (Å²) < 4.78 is 5.05. The highest BCUT2D eigenvalue weighted by Gasteiger charge is 2.23. The van der Waals surface area contributed by atoms with Gasteiger partial charge in [-0.15, -0.1) is 0 Å². The van der Waals surface area contributed by atoms with Crippen molar-refractivity contribution in [1.29, 1.82) is 0 Å². The number of benzene rings is 1. The molecule has 0 aromatic heterocycles. The molecule has 1 amide bonds. The molecule has 1 aromatic rings. The Bertz CT molecular complexity index is 376. The molecule has 0 saturated carbocycles. The van der Waals surface area contributed by atoms with Gasteiger partial charge in [0, 0.05) is 12.1 Å². The summed E-state index contributed by atoms with van der Waals surface area (Å²) in [5, 5.41) is 12.0. The topological polar surface area (TPSA) is 58.6 Å². The Morgan fingerprint density at radius 2 is 2.36 bits per heavy atom. The monoisotopic (exact) mass is 193 g/mol. The van der Waals surface area contributed by atoms with Gasteiger partial charge in [-0.25, -0.2) is 0 Å². The molecule has 74 valence electrons. The molecule has 4 heteroatoms. The van der Waals surface area contributed by atoms with Crippen molar-refractivity contribution < 1.29 is 14.6 Å². The second-order valence-electron chi connectivity index (χ2n) is 3.23. The van der Waals surface area contributed by atoms with Crippen LogP contribution >= 0.6 is 0 Å². The zero-order valence-corrected chi connectivity index (χ0v) is 7.78. The Hall–Kier alpha value is -1.55. The van der Waals surface area contributed by atoms with E-state index in [4.69, 9.17) is 4.74 Å². The zero-order valence-electron chi connectivity index (χ0n) is 7.78. The van der Waals surface area contributed by atoms with Gasteiger partial charge in [0.05, 0.1) is 7.11 Å². The predicted molar refractivity (Wildman–Crippen MR) is 51.3 cm³/mol. The van der Waals surface area contributed by atoms with E-state index < -0.39 is 6.10 Å². The second-order valence-corrected chi connectivity index (χ2v) is 3.23. The number of ether oxygens (including phenoxy) is 1. The molecule has 1 aromatic carbocycles. The van der Waals surface area contributed by atoms with Crippen LogP contribution in [-0.2, 0) is 11.2 Å². The van der Waals surface area contributed by atoms with Gasteiger partial charge in [0.25, 0.3) is 5.91 Å². The summed E-state index contributed by atoms with van der Waals surface area (Å²) in [5.41, 5.74) is 1.65. The number of aliphatic hydroxyl groups excluding tert-OH is 1. The van der Waals surface area contributed by atoms with Crippen molar-refractivity contribution in [3.8, 4) is 5.75 Å². The first-order valence-electron chi connectivity index (χ1n) is 4.36. The maximum absolute atomic E-state index is 11.1. The number of amides is 1. The maximum Gasteiger partial charge on any atom is 0.253 e. The number of nitrogens with one attached hydrogen (secondary N) is 1. The third kappa shape index (κ3) is 1.44. The van der Waals surface area contributed by atoms with Crippen molar-refractivity contribution in [2.75, 3.05) is 12.4 Å². The number of hydrogen-bond acceptors (Lipinski definition) is 3. The van der Waals surface area contributed by atoms with E-state index in [0.29, 0.717) is 6.42 Å². The van der Waals surface area contributed by atoms with Crippen molar-refractivity contribution in [2.24, 2.45) is 0 Å². The third-order valence-corrected chi connectivity index (χ3v) is 2.29. The minimum absolute atomic E-state index is 0.345. The fourth-order valence-corrected chi connectivity index (χ4v) is 1.50. The molecular weight excluding hydrogens is 182 g/mol. The van der Waals surface area contributed by atoms with Gasteiger partial charge in [0.2, 0.25) is 0 Å². The zero-order chi connectivity index (χ0) is 10.1. The number of anilines is 1. The van der Waals surface area contributed by atoms with Crippen LogP contribution in [0.2, 0.25) is 0 Å². The van der Waals surface area contributed by atoms with Gasteiger partial charge in [-0.2, -0.15) is 0 Å². The highest BCUT2D eigenvalue weighted by atomic mass is 16.5. The van der Waals surface area contributed by atoms with Crippen molar-refractivity contribution in [3.63, 3.8) is 0 Å². The third-order valence-electron chi connectivity index (χ3n) is 2.29. The minimum atomic E-state index is -0.949. The summed E-state index contributed by atoms with van der Waals surface area (Å²) in [5.74, 6) is 0.384. The van der Waals surface area contributed by atoms with Gasteiger partial charge in [0.15, 0.2) is 0 Å². The minimum Gasteiger partial charge on any atom is -0.497 e. The van der Waals surface area contributed by atoms with Gasteiger partial charge in [-0.05, 0) is 23.8 Å². The molecule has 2 N–H and O–H groups in total. The lowest BCUT2D eigenvalue weighted by atomic mass is 10.0. The Labute approximate surface area is 81.5 Å². The lowest BCUT2D eigenvalue weighted by molar-refractivity contribution is -0.124. The first-order chi connectivity index (χ1) is 6.70. The van der Waals surface area contributed by atoms with E-state index in [9.17, 15) is 9.90 Å². The number of methoxy groups -OCH3 is 1. The largest absolute Gasteiger partial charge is 0.497 e. The van der Waals surface area contributed by atoms with E-state index in [0.717, 1.165) is 17.0 Å². The van der Waals surface area contributed by atoms with Crippen LogP contribution in [0.3, 0.4) is 0 Å². The van der Waals surface area contributed by atoms with Gasteiger partial charge in [-0.1, -0.05) is 0 Å². The van der Waals surface area contributed by atoms with Crippen molar-refractivity contribution in [1.82, 2.24) is 0 Å². The van der Waals surface area contributed by atoms with Gasteiger partial charge >= 0.3 is 0 Å². The molecule has 0 fully saturated rings. The Kier molecular flexibility index (Phi) is 2.13. The van der Waals surface area contributed by atoms with E-state index in [-0.39, 0.29) is 5.91 Å². The first kappa shape index (κ1) is 9.02. The van der Waals surface area contributed by atoms with Gasteiger partial charge in [-0.3, -0.25) is 4.79 Å². The molecule has 0 aliphatic carbocycles. The van der Waals surface area contributed by atoms with Gasteiger partial charge < -0.3 is 15.2 Å². The van der Waals surface area contributed by atoms with Crippen LogP contribution in [0, 0.1) is 0 Å². The van der Waals surface area contributed by atoms with Crippen LogP contribution in [0.1, 0.15) is 5.56 Å². The van der Waals surface area contributed by atoms with Crippen molar-refractivity contribution in [2.45, 2.75) is 12.5 Å². The maximum atomic E-state index is 11.1. The van der Waals surface area contributed by atoms with E-state index in [1.807, 2.05) is 6.07 Å². The highest BCUT2D eigenvalue weighted by molar-refractivity contribution is 5.97. The van der Waals surface area contributed by atoms with Crippen LogP contribution < -0.4 is 10.1 Å². The standard InChI is InChI=1S/C10H11NO3/c1-14-7-2-3-8-6(4-7)5-9(12)10(13)11-8/h2-4,9,12H,5H2,1H3,(H,11,13). The summed E-state index contributed by atoms with van der Waals surface area (Å²) in [6.07, 6.45) is -0.604.